The molecule has 0 unspecified atom stereocenters. The fourth-order valence-electron chi connectivity index (χ4n) is 6.76. The van der Waals surface area contributed by atoms with Gasteiger partial charge in [-0.05, 0) is 63.5 Å². The van der Waals surface area contributed by atoms with Crippen molar-refractivity contribution in [3.8, 4) is 0 Å². The lowest BCUT2D eigenvalue weighted by molar-refractivity contribution is -0.337. The van der Waals surface area contributed by atoms with Crippen molar-refractivity contribution in [1.29, 1.82) is 0 Å². The third-order valence-corrected chi connectivity index (χ3v) is 8.99. The van der Waals surface area contributed by atoms with E-state index in [1.165, 1.54) is 10.6 Å². The van der Waals surface area contributed by atoms with E-state index in [2.05, 4.69) is 0 Å². The van der Waals surface area contributed by atoms with E-state index in [-0.39, 0.29) is 36.8 Å². The summed E-state index contributed by atoms with van der Waals surface area (Å²) < 4.78 is 48.6. The summed E-state index contributed by atoms with van der Waals surface area (Å²) in [7, 11) is 1.71. The highest BCUT2D eigenvalue weighted by molar-refractivity contribution is 5.75. The minimum Gasteiger partial charge on any atom is -0.373 e. The van der Waals surface area contributed by atoms with Crippen molar-refractivity contribution in [1.82, 2.24) is 24.5 Å². The van der Waals surface area contributed by atoms with Crippen LogP contribution in [-0.4, -0.2) is 37.3 Å². The van der Waals surface area contributed by atoms with E-state index in [4.69, 9.17) is 24.7 Å². The lowest BCUT2D eigenvalue weighted by Gasteiger charge is -2.70. The van der Waals surface area contributed by atoms with Crippen LogP contribution in [0.25, 0.3) is 11.2 Å². The van der Waals surface area contributed by atoms with Crippen molar-refractivity contribution in [2.45, 2.75) is 81.4 Å². The Morgan fingerprint density at radius 2 is 1.78 bits per heavy atom. The first-order valence-electron chi connectivity index (χ1n) is 13.0. The quantitative estimate of drug-likeness (QED) is 0.494. The van der Waals surface area contributed by atoms with Gasteiger partial charge in [0, 0.05) is 43.2 Å². The molecule has 5 aliphatic rings. The van der Waals surface area contributed by atoms with E-state index in [1.807, 2.05) is 6.92 Å². The molecule has 1 saturated heterocycles. The normalized spacial score (nSPS) is 31.2. The van der Waals surface area contributed by atoms with Crippen molar-refractivity contribution >= 4 is 11.2 Å². The molecule has 4 heterocycles. The molecule has 3 aromatic rings. The highest BCUT2D eigenvalue weighted by Crippen LogP contribution is 2.78. The molecule has 0 radical (unpaired) electrons. The van der Waals surface area contributed by atoms with Gasteiger partial charge in [-0.1, -0.05) is 0 Å². The summed E-state index contributed by atoms with van der Waals surface area (Å²) in [5.74, 6) is 0.949. The van der Waals surface area contributed by atoms with Crippen molar-refractivity contribution in [2.75, 3.05) is 6.61 Å². The second kappa shape index (κ2) is 7.58. The van der Waals surface area contributed by atoms with Crippen molar-refractivity contribution in [2.24, 2.45) is 12.5 Å². The Labute approximate surface area is 211 Å². The zero-order valence-electron chi connectivity index (χ0n) is 20.8. The molecule has 7 nitrogen and oxygen atoms in total. The minimum atomic E-state index is -4.19. The molecule has 4 aliphatic carbocycles. The first-order valence-corrected chi connectivity index (χ1v) is 13.0. The summed E-state index contributed by atoms with van der Waals surface area (Å²) >= 11 is 0. The summed E-state index contributed by atoms with van der Waals surface area (Å²) in [6.07, 6.45) is 1.03. The Kier molecular flexibility index (Phi) is 4.77. The number of fused-ring (bicyclic) bond motifs is 1. The zero-order chi connectivity index (χ0) is 25.7. The van der Waals surface area contributed by atoms with Crippen LogP contribution >= 0.6 is 0 Å². The van der Waals surface area contributed by atoms with Crippen LogP contribution in [0.1, 0.15) is 91.4 Å². The van der Waals surface area contributed by atoms with Gasteiger partial charge in [0.25, 0.3) is 0 Å². The van der Waals surface area contributed by atoms with E-state index in [0.29, 0.717) is 48.0 Å². The first kappa shape index (κ1) is 23.3. The standard InChI is InChI=1S/C27H28F3N5O2/c1-14-20(15-3-4-15)32-21-22(25-11-26(12-25,13-25)27(28,29)30)33-23(34-24(21)31-14)16-7-8-37-18(9-16)17-5-6-19(36)35(2)10-17/h5-6,10,15-16,18H,3-4,7-9,11-13H2,1-2H3/t16-,18+,25?,26?/m1/s1. The zero-order valence-corrected chi connectivity index (χ0v) is 20.8. The van der Waals surface area contributed by atoms with Gasteiger partial charge in [0.05, 0.1) is 28.6 Å². The predicted octanol–water partition coefficient (Wildman–Crippen LogP) is 4.92. The molecule has 3 aromatic heterocycles. The lowest BCUT2D eigenvalue weighted by Crippen LogP contribution is -2.70. The van der Waals surface area contributed by atoms with E-state index in [0.717, 1.165) is 29.8 Å². The first-order chi connectivity index (χ1) is 17.6. The van der Waals surface area contributed by atoms with Crippen LogP contribution in [-0.2, 0) is 17.2 Å². The lowest BCUT2D eigenvalue weighted by atomic mass is 9.34. The maximum absolute atomic E-state index is 13.7. The molecule has 0 amide bonds. The highest BCUT2D eigenvalue weighted by Gasteiger charge is 2.79. The number of hydrogen-bond donors (Lipinski definition) is 0. The van der Waals surface area contributed by atoms with Crippen LogP contribution in [0.4, 0.5) is 13.2 Å². The smallest absolute Gasteiger partial charge is 0.373 e. The van der Waals surface area contributed by atoms with Gasteiger partial charge in [-0.15, -0.1) is 0 Å². The summed E-state index contributed by atoms with van der Waals surface area (Å²) in [6, 6.07) is 3.32. The molecule has 8 rings (SSSR count). The topological polar surface area (TPSA) is 82.8 Å². The molecule has 1 aliphatic heterocycles. The fourth-order valence-corrected chi connectivity index (χ4v) is 6.76. The van der Waals surface area contributed by atoms with Crippen LogP contribution in [0.5, 0.6) is 0 Å². The van der Waals surface area contributed by atoms with E-state index < -0.39 is 17.0 Å². The third-order valence-electron chi connectivity index (χ3n) is 8.99. The number of pyridine rings is 1. The Hall–Kier alpha value is -2.88. The Balaban J connectivity index is 1.28. The Bertz CT molecular complexity index is 1480. The number of alkyl halides is 3. The summed E-state index contributed by atoms with van der Waals surface area (Å²) in [4.78, 5) is 31.4. The average molecular weight is 512 g/mol. The molecular formula is C27H28F3N5O2. The van der Waals surface area contributed by atoms with Crippen LogP contribution < -0.4 is 5.56 Å². The van der Waals surface area contributed by atoms with Crippen LogP contribution in [0, 0.1) is 12.3 Å². The van der Waals surface area contributed by atoms with Crippen molar-refractivity contribution < 1.29 is 17.9 Å². The number of rotatable bonds is 4. The van der Waals surface area contributed by atoms with E-state index >= 15 is 0 Å². The highest BCUT2D eigenvalue weighted by atomic mass is 19.4. The monoisotopic (exact) mass is 511 g/mol. The number of nitrogens with zero attached hydrogens (tertiary/aromatic N) is 5. The number of hydrogen-bond acceptors (Lipinski definition) is 6. The molecule has 37 heavy (non-hydrogen) atoms. The third kappa shape index (κ3) is 3.47. The summed E-state index contributed by atoms with van der Waals surface area (Å²) in [5.41, 5.74) is 2.13. The molecule has 194 valence electrons. The largest absolute Gasteiger partial charge is 0.394 e. The molecular weight excluding hydrogens is 483 g/mol. The van der Waals surface area contributed by atoms with Gasteiger partial charge in [-0.25, -0.2) is 19.9 Å². The van der Waals surface area contributed by atoms with Gasteiger partial charge < -0.3 is 9.30 Å². The number of aryl methyl sites for hydroxylation is 2. The van der Waals surface area contributed by atoms with Gasteiger partial charge in [-0.2, -0.15) is 13.2 Å². The van der Waals surface area contributed by atoms with Crippen molar-refractivity contribution in [3.05, 3.63) is 57.2 Å². The fraction of sp³-hybridized carbons (Fsp3) is 0.593. The Morgan fingerprint density at radius 1 is 1.03 bits per heavy atom. The Morgan fingerprint density at radius 3 is 2.46 bits per heavy atom. The average Bonchev–Trinajstić information content (AvgIpc) is 3.63. The summed E-state index contributed by atoms with van der Waals surface area (Å²) in [5, 5.41) is 0. The van der Waals surface area contributed by atoms with Crippen LogP contribution in [0.2, 0.25) is 0 Å². The molecule has 2 atom stereocenters. The molecule has 0 spiro atoms. The van der Waals surface area contributed by atoms with Crippen LogP contribution in [0.3, 0.4) is 0 Å². The summed E-state index contributed by atoms with van der Waals surface area (Å²) in [6.45, 7) is 2.44. The van der Waals surface area contributed by atoms with Crippen LogP contribution in [0.15, 0.2) is 23.1 Å². The van der Waals surface area contributed by atoms with Gasteiger partial charge in [0.15, 0.2) is 5.65 Å². The molecule has 0 N–H and O–H groups in total. The SMILES string of the molecule is Cc1nc2nc([C@@H]3CCO[C@H](c4ccc(=O)n(C)c4)C3)nc(C34CC(C(F)(F)F)(C3)C4)c2nc1C1CC1. The maximum Gasteiger partial charge on any atom is 0.394 e. The van der Waals surface area contributed by atoms with Gasteiger partial charge in [0.2, 0.25) is 5.56 Å². The number of halogens is 3. The van der Waals surface area contributed by atoms with E-state index in [9.17, 15) is 18.0 Å². The predicted molar refractivity (Wildman–Crippen MR) is 128 cm³/mol. The van der Waals surface area contributed by atoms with Gasteiger partial charge in [0.1, 0.15) is 11.3 Å². The number of ether oxygens (including phenoxy) is 1. The minimum absolute atomic E-state index is 0.0340. The van der Waals surface area contributed by atoms with Gasteiger partial charge in [-0.3, -0.25) is 4.79 Å². The second-order valence-corrected chi connectivity index (χ2v) is 11.7. The molecule has 4 saturated carbocycles. The molecule has 5 fully saturated rings. The molecule has 2 bridgehead atoms. The van der Waals surface area contributed by atoms with Crippen molar-refractivity contribution in [3.63, 3.8) is 0 Å². The maximum atomic E-state index is 13.7. The second-order valence-electron chi connectivity index (χ2n) is 11.7. The van der Waals surface area contributed by atoms with E-state index in [1.54, 1.807) is 19.3 Å². The molecule has 0 aromatic carbocycles. The van der Waals surface area contributed by atoms with Gasteiger partial charge >= 0.3 is 6.18 Å². The number of aromatic nitrogens is 5. The molecule has 10 heteroatoms.